The van der Waals surface area contributed by atoms with Crippen LogP contribution < -0.4 is 4.57 Å². The minimum absolute atomic E-state index is 0.778. The van der Waals surface area contributed by atoms with Crippen molar-refractivity contribution < 1.29 is 47.7 Å². The van der Waals surface area contributed by atoms with Crippen LogP contribution in [0.5, 0.6) is 0 Å². The lowest BCUT2D eigenvalue weighted by molar-refractivity contribution is -0.687. The summed E-state index contributed by atoms with van der Waals surface area (Å²) in [5.41, 5.74) is -9.93. The monoisotopic (exact) mass is 493 g/mol. The molecule has 0 fully saturated rings. The van der Waals surface area contributed by atoms with Gasteiger partial charge in [0, 0.05) is 0 Å². The molecule has 0 aliphatic heterocycles. The van der Waals surface area contributed by atoms with E-state index in [-0.39, 0.29) is 0 Å². The van der Waals surface area contributed by atoms with Crippen molar-refractivity contribution in [3.63, 3.8) is 0 Å². The predicted molar refractivity (Wildman–Crippen MR) is 99.2 cm³/mol. The van der Waals surface area contributed by atoms with Crippen LogP contribution in [0.15, 0.2) is 49.6 Å². The Bertz CT molecular complexity index is 1050. The smallest absolute Gasteiger partial charge is 0.421 e. The van der Waals surface area contributed by atoms with Crippen LogP contribution in [-0.4, -0.2) is 32.4 Å². The van der Waals surface area contributed by atoms with E-state index < -0.39 is 31.1 Å². The lowest BCUT2D eigenvalue weighted by Crippen LogP contribution is -2.31. The normalized spacial score (nSPS) is 12.7. The van der Waals surface area contributed by atoms with E-state index in [1.165, 1.54) is 11.1 Å². The number of benzene rings is 1. The molecular weight excluding hydrogens is 476 g/mol. The third-order valence-electron chi connectivity index (χ3n) is 3.47. The number of sulfonamides is 2. The van der Waals surface area contributed by atoms with Crippen LogP contribution in [0.4, 0.5) is 26.3 Å². The van der Waals surface area contributed by atoms with E-state index in [0.717, 1.165) is 17.2 Å². The largest absolute Gasteiger partial charge is 0.480 e. The number of imidazole rings is 1. The molecule has 0 unspecified atom stereocenters. The SMILES string of the molecule is C=Cc1ccc(C[n+]2ccn(CC)c2)cc1.O=S(=O)([N-]S(=O)(=O)C(F)(F)F)C(F)(F)F. The Labute approximate surface area is 174 Å². The van der Waals surface area contributed by atoms with Crippen molar-refractivity contribution in [2.75, 3.05) is 0 Å². The minimum Gasteiger partial charge on any atom is -0.421 e. The molecule has 0 amide bonds. The number of rotatable bonds is 6. The molecule has 0 saturated heterocycles. The van der Waals surface area contributed by atoms with Crippen molar-refractivity contribution in [2.24, 2.45) is 0 Å². The molecule has 0 aliphatic rings. The Morgan fingerprint density at radius 2 is 1.48 bits per heavy atom. The Balaban J connectivity index is 0.000000311. The summed E-state index contributed by atoms with van der Waals surface area (Å²) >= 11 is 0. The number of halogens is 6. The number of hydrogen-bond donors (Lipinski definition) is 0. The highest BCUT2D eigenvalue weighted by atomic mass is 32.3. The Morgan fingerprint density at radius 3 is 1.84 bits per heavy atom. The van der Waals surface area contributed by atoms with Crippen LogP contribution in [0.1, 0.15) is 18.1 Å². The second-order valence-electron chi connectivity index (χ2n) is 5.78. The summed E-state index contributed by atoms with van der Waals surface area (Å²) in [7, 11) is -13.4. The van der Waals surface area contributed by atoms with Crippen LogP contribution in [0, 0.1) is 0 Å². The van der Waals surface area contributed by atoms with E-state index in [1.807, 2.05) is 6.08 Å². The summed E-state index contributed by atoms with van der Waals surface area (Å²) in [5, 5.41) is 0. The highest BCUT2D eigenvalue weighted by molar-refractivity contribution is 8.13. The molecule has 7 nitrogen and oxygen atoms in total. The molecule has 31 heavy (non-hydrogen) atoms. The Kier molecular flexibility index (Phi) is 8.44. The van der Waals surface area contributed by atoms with E-state index in [1.54, 1.807) is 0 Å². The van der Waals surface area contributed by atoms with E-state index >= 15 is 0 Å². The van der Waals surface area contributed by atoms with Gasteiger partial charge in [-0.15, -0.1) is 0 Å². The lowest BCUT2D eigenvalue weighted by Gasteiger charge is -2.22. The average Bonchev–Trinajstić information content (AvgIpc) is 3.08. The van der Waals surface area contributed by atoms with Crippen molar-refractivity contribution in [1.29, 1.82) is 0 Å². The second kappa shape index (κ2) is 9.82. The van der Waals surface area contributed by atoms with E-state index in [4.69, 9.17) is 0 Å². The number of nitrogens with zero attached hydrogens (tertiary/aromatic N) is 3. The summed E-state index contributed by atoms with van der Waals surface area (Å²) in [6, 6.07) is 8.49. The molecule has 0 radical (unpaired) electrons. The predicted octanol–water partition coefficient (Wildman–Crippen LogP) is 3.55. The third-order valence-corrected chi connectivity index (χ3v) is 6.21. The van der Waals surface area contributed by atoms with Gasteiger partial charge >= 0.3 is 11.0 Å². The first-order chi connectivity index (χ1) is 14.0. The van der Waals surface area contributed by atoms with Gasteiger partial charge < -0.3 is 4.13 Å². The van der Waals surface area contributed by atoms with Crippen LogP contribution >= 0.6 is 0 Å². The summed E-state index contributed by atoms with van der Waals surface area (Å²) in [6.45, 7) is 7.83. The van der Waals surface area contributed by atoms with Gasteiger partial charge in [0.05, 0.1) is 6.54 Å². The molecule has 15 heteroatoms. The van der Waals surface area contributed by atoms with Crippen LogP contribution in [0.3, 0.4) is 0 Å². The Morgan fingerprint density at radius 1 is 1.00 bits per heavy atom. The maximum atomic E-state index is 11.4. The van der Waals surface area contributed by atoms with Gasteiger partial charge in [0.15, 0.2) is 20.0 Å². The third kappa shape index (κ3) is 7.66. The van der Waals surface area contributed by atoms with Gasteiger partial charge in [0.25, 0.3) is 0 Å². The fourth-order valence-corrected chi connectivity index (χ4v) is 3.61. The molecule has 2 rings (SSSR count). The van der Waals surface area contributed by atoms with E-state index in [2.05, 4.69) is 65.6 Å². The number of hydrogen-bond acceptors (Lipinski definition) is 4. The standard InChI is InChI=1S/C14H17N2.C2F6NO4S2/c1-3-13-5-7-14(8-6-13)11-16-10-9-15(4-2)12-16;3-1(4,5)14(10,11)9-15(12,13)2(6,7)8/h3,5-10,12H,1,4,11H2,2H3;/q+1;-1. The molecule has 0 aliphatic carbocycles. The zero-order valence-corrected chi connectivity index (χ0v) is 17.4. The molecule has 0 spiro atoms. The maximum absolute atomic E-state index is 11.4. The van der Waals surface area contributed by atoms with Crippen molar-refractivity contribution in [3.8, 4) is 0 Å². The highest BCUT2D eigenvalue weighted by Crippen LogP contribution is 2.36. The fraction of sp³-hybridized carbons (Fsp3) is 0.312. The zero-order chi connectivity index (χ0) is 24.1. The second-order valence-corrected chi connectivity index (χ2v) is 9.20. The maximum Gasteiger partial charge on any atom is 0.480 e. The first kappa shape index (κ1) is 26.6. The zero-order valence-electron chi connectivity index (χ0n) is 15.8. The molecule has 1 heterocycles. The molecule has 0 N–H and O–H groups in total. The van der Waals surface area contributed by atoms with Crippen molar-refractivity contribution >= 4 is 26.1 Å². The molecule has 174 valence electrons. The molecule has 1 aromatic heterocycles. The van der Waals surface area contributed by atoms with Gasteiger partial charge in [-0.25, -0.2) is 26.0 Å². The quantitative estimate of drug-likeness (QED) is 0.455. The summed E-state index contributed by atoms with van der Waals surface area (Å²) in [6.07, 6.45) is 8.19. The first-order valence-electron chi connectivity index (χ1n) is 8.15. The fourth-order valence-electron chi connectivity index (χ4n) is 1.90. The van der Waals surface area contributed by atoms with Crippen LogP contribution in [0.25, 0.3) is 10.2 Å². The van der Waals surface area contributed by atoms with Crippen molar-refractivity contribution in [2.45, 2.75) is 31.0 Å². The molecule has 1 aromatic carbocycles. The van der Waals surface area contributed by atoms with Crippen molar-refractivity contribution in [3.05, 3.63) is 64.8 Å². The van der Waals surface area contributed by atoms with Gasteiger partial charge in [0.2, 0.25) is 6.33 Å². The van der Waals surface area contributed by atoms with Gasteiger partial charge in [-0.3, -0.25) is 0 Å². The molecular formula is C16H17F6N3O4S2. The number of aromatic nitrogens is 2. The summed E-state index contributed by atoms with van der Waals surface area (Å²) in [4.78, 5) is 0. The minimum atomic E-state index is -6.72. The summed E-state index contributed by atoms with van der Waals surface area (Å²) < 4.78 is 114. The molecule has 2 aromatic rings. The van der Waals surface area contributed by atoms with Crippen LogP contribution in [-0.2, 0) is 33.1 Å². The van der Waals surface area contributed by atoms with Crippen molar-refractivity contribution in [1.82, 2.24) is 4.57 Å². The Hall–Kier alpha value is -2.39. The average molecular weight is 493 g/mol. The lowest BCUT2D eigenvalue weighted by atomic mass is 10.1. The molecule has 0 atom stereocenters. The van der Waals surface area contributed by atoms with Gasteiger partial charge in [-0.2, -0.15) is 26.3 Å². The topological polar surface area (TPSA) is 91.2 Å². The number of alkyl halides is 6. The molecule has 0 bridgehead atoms. The van der Waals surface area contributed by atoms with E-state index in [0.29, 0.717) is 0 Å². The van der Waals surface area contributed by atoms with Gasteiger partial charge in [0.1, 0.15) is 18.9 Å². The first-order valence-corrected chi connectivity index (χ1v) is 11.0. The molecule has 0 saturated carbocycles. The highest BCUT2D eigenvalue weighted by Gasteiger charge is 2.46. The van der Waals surface area contributed by atoms with Crippen LogP contribution in [0.2, 0.25) is 0 Å². The van der Waals surface area contributed by atoms with Gasteiger partial charge in [-0.05, 0) is 18.1 Å². The van der Waals surface area contributed by atoms with E-state index in [9.17, 15) is 43.2 Å². The number of aryl methyl sites for hydroxylation is 1. The summed E-state index contributed by atoms with van der Waals surface area (Å²) in [5.74, 6) is 0. The van der Waals surface area contributed by atoms with Gasteiger partial charge in [-0.1, -0.05) is 36.9 Å².